The molecular formula is C10H16N2O2. The highest BCUT2D eigenvalue weighted by Crippen LogP contribution is 2.15. The van der Waals surface area contributed by atoms with E-state index >= 15 is 0 Å². The molecular weight excluding hydrogens is 180 g/mol. The van der Waals surface area contributed by atoms with E-state index in [1.54, 1.807) is 0 Å². The van der Waals surface area contributed by atoms with Crippen molar-refractivity contribution in [2.75, 3.05) is 19.6 Å². The summed E-state index contributed by atoms with van der Waals surface area (Å²) in [4.78, 5) is 24.3. The third-order valence-corrected chi connectivity index (χ3v) is 3.01. The highest BCUT2D eigenvalue weighted by molar-refractivity contribution is 5.97. The number of nitrogens with zero attached hydrogens (tertiary/aromatic N) is 1. The molecule has 4 nitrogen and oxygen atoms in total. The summed E-state index contributed by atoms with van der Waals surface area (Å²) >= 11 is 0. The van der Waals surface area contributed by atoms with E-state index in [-0.39, 0.29) is 11.8 Å². The Bertz CT molecular complexity index is 233. The Balaban J connectivity index is 1.81. The van der Waals surface area contributed by atoms with Crippen LogP contribution in [-0.2, 0) is 9.59 Å². The van der Waals surface area contributed by atoms with Gasteiger partial charge >= 0.3 is 0 Å². The maximum Gasteiger partial charge on any atom is 0.229 e. The van der Waals surface area contributed by atoms with Gasteiger partial charge in [-0.05, 0) is 31.8 Å². The third kappa shape index (κ3) is 1.95. The molecule has 0 saturated carbocycles. The third-order valence-electron chi connectivity index (χ3n) is 3.01. The number of amides is 2. The standard InChI is InChI=1S/C10H16N2O2/c13-9-2-1-3-10(14)12(9)5-4-8-6-11-7-8/h8,11H,1-7H2. The first-order valence-electron chi connectivity index (χ1n) is 5.31. The number of carbonyl (C=O) groups is 2. The lowest BCUT2D eigenvalue weighted by Crippen LogP contribution is -2.46. The number of imide groups is 1. The van der Waals surface area contributed by atoms with Crippen LogP contribution in [0.25, 0.3) is 0 Å². The number of nitrogens with one attached hydrogen (secondary N) is 1. The van der Waals surface area contributed by atoms with Crippen LogP contribution in [0.1, 0.15) is 25.7 Å². The predicted molar refractivity (Wildman–Crippen MR) is 51.5 cm³/mol. The molecule has 0 spiro atoms. The first kappa shape index (κ1) is 9.65. The topological polar surface area (TPSA) is 49.4 Å². The Morgan fingerprint density at radius 3 is 2.36 bits per heavy atom. The fourth-order valence-electron chi connectivity index (χ4n) is 1.91. The van der Waals surface area contributed by atoms with Crippen molar-refractivity contribution in [3.05, 3.63) is 0 Å². The van der Waals surface area contributed by atoms with Gasteiger partial charge in [-0.3, -0.25) is 14.5 Å². The van der Waals surface area contributed by atoms with E-state index in [4.69, 9.17) is 0 Å². The SMILES string of the molecule is O=C1CCCC(=O)N1CCC1CNC1. The van der Waals surface area contributed by atoms with Gasteiger partial charge in [0.1, 0.15) is 0 Å². The maximum atomic E-state index is 11.4. The molecule has 2 amide bonds. The summed E-state index contributed by atoms with van der Waals surface area (Å²) in [6.07, 6.45) is 2.80. The molecule has 0 aromatic heterocycles. The van der Waals surface area contributed by atoms with E-state index in [0.29, 0.717) is 25.3 Å². The van der Waals surface area contributed by atoms with Crippen molar-refractivity contribution in [3.63, 3.8) is 0 Å². The Hall–Kier alpha value is -0.900. The molecule has 2 fully saturated rings. The monoisotopic (exact) mass is 196 g/mol. The molecule has 0 radical (unpaired) electrons. The minimum Gasteiger partial charge on any atom is -0.316 e. The number of hydrogen-bond donors (Lipinski definition) is 1. The van der Waals surface area contributed by atoms with Crippen LogP contribution in [-0.4, -0.2) is 36.3 Å². The molecule has 0 atom stereocenters. The van der Waals surface area contributed by atoms with Crippen LogP contribution in [0.3, 0.4) is 0 Å². The molecule has 2 rings (SSSR count). The van der Waals surface area contributed by atoms with Gasteiger partial charge < -0.3 is 5.32 Å². The average molecular weight is 196 g/mol. The molecule has 0 bridgehead atoms. The molecule has 0 aliphatic carbocycles. The van der Waals surface area contributed by atoms with E-state index in [9.17, 15) is 9.59 Å². The van der Waals surface area contributed by atoms with Gasteiger partial charge in [0.05, 0.1) is 0 Å². The van der Waals surface area contributed by atoms with Gasteiger partial charge in [0, 0.05) is 19.4 Å². The Morgan fingerprint density at radius 1 is 1.21 bits per heavy atom. The van der Waals surface area contributed by atoms with Gasteiger partial charge in [-0.25, -0.2) is 0 Å². The lowest BCUT2D eigenvalue weighted by molar-refractivity contribution is -0.148. The molecule has 2 heterocycles. The van der Waals surface area contributed by atoms with E-state index in [1.165, 1.54) is 4.90 Å². The van der Waals surface area contributed by atoms with Crippen LogP contribution in [0.4, 0.5) is 0 Å². The van der Waals surface area contributed by atoms with E-state index in [0.717, 1.165) is 25.9 Å². The zero-order valence-corrected chi connectivity index (χ0v) is 8.29. The van der Waals surface area contributed by atoms with Crippen molar-refractivity contribution in [1.82, 2.24) is 10.2 Å². The number of hydrogen-bond acceptors (Lipinski definition) is 3. The van der Waals surface area contributed by atoms with Gasteiger partial charge in [-0.1, -0.05) is 0 Å². The molecule has 0 aromatic rings. The molecule has 0 unspecified atom stereocenters. The minimum atomic E-state index is 0.0218. The number of rotatable bonds is 3. The van der Waals surface area contributed by atoms with E-state index < -0.39 is 0 Å². The van der Waals surface area contributed by atoms with Crippen LogP contribution < -0.4 is 5.32 Å². The normalized spacial score (nSPS) is 23.9. The minimum absolute atomic E-state index is 0.0218. The summed E-state index contributed by atoms with van der Waals surface area (Å²) < 4.78 is 0. The molecule has 2 aliphatic rings. The highest BCUT2D eigenvalue weighted by atomic mass is 16.2. The smallest absolute Gasteiger partial charge is 0.229 e. The number of piperidine rings is 1. The van der Waals surface area contributed by atoms with Gasteiger partial charge in [-0.2, -0.15) is 0 Å². The fraction of sp³-hybridized carbons (Fsp3) is 0.800. The highest BCUT2D eigenvalue weighted by Gasteiger charge is 2.27. The lowest BCUT2D eigenvalue weighted by Gasteiger charge is -2.31. The van der Waals surface area contributed by atoms with Gasteiger partial charge in [-0.15, -0.1) is 0 Å². The lowest BCUT2D eigenvalue weighted by atomic mass is 9.98. The van der Waals surface area contributed by atoms with Gasteiger partial charge in [0.25, 0.3) is 0 Å². The summed E-state index contributed by atoms with van der Waals surface area (Å²) in [5.41, 5.74) is 0. The quantitative estimate of drug-likeness (QED) is 0.653. The van der Waals surface area contributed by atoms with Crippen molar-refractivity contribution < 1.29 is 9.59 Å². The Kier molecular flexibility index (Phi) is 2.82. The largest absolute Gasteiger partial charge is 0.316 e. The van der Waals surface area contributed by atoms with Crippen molar-refractivity contribution in [2.45, 2.75) is 25.7 Å². The first-order valence-corrected chi connectivity index (χ1v) is 5.31. The van der Waals surface area contributed by atoms with Crippen LogP contribution in [0, 0.1) is 5.92 Å². The number of likely N-dealkylation sites (tertiary alicyclic amines) is 1. The van der Waals surface area contributed by atoms with Crippen molar-refractivity contribution in [1.29, 1.82) is 0 Å². The molecule has 2 saturated heterocycles. The van der Waals surface area contributed by atoms with Crippen LogP contribution in [0.15, 0.2) is 0 Å². The second-order valence-electron chi connectivity index (χ2n) is 4.11. The van der Waals surface area contributed by atoms with E-state index in [2.05, 4.69) is 5.32 Å². The zero-order valence-electron chi connectivity index (χ0n) is 8.29. The molecule has 2 aliphatic heterocycles. The summed E-state index contributed by atoms with van der Waals surface area (Å²) in [6.45, 7) is 2.70. The second-order valence-corrected chi connectivity index (χ2v) is 4.11. The molecule has 14 heavy (non-hydrogen) atoms. The van der Waals surface area contributed by atoms with Crippen LogP contribution >= 0.6 is 0 Å². The van der Waals surface area contributed by atoms with Crippen LogP contribution in [0.5, 0.6) is 0 Å². The van der Waals surface area contributed by atoms with Crippen molar-refractivity contribution >= 4 is 11.8 Å². The summed E-state index contributed by atoms with van der Waals surface area (Å²) in [5.74, 6) is 0.708. The predicted octanol–water partition coefficient (Wildman–Crippen LogP) is 0.135. The fourth-order valence-corrected chi connectivity index (χ4v) is 1.91. The zero-order chi connectivity index (χ0) is 9.97. The van der Waals surface area contributed by atoms with Crippen molar-refractivity contribution in [2.24, 2.45) is 5.92 Å². The molecule has 1 N–H and O–H groups in total. The molecule has 0 aromatic carbocycles. The van der Waals surface area contributed by atoms with Gasteiger partial charge in [0.15, 0.2) is 0 Å². The molecule has 78 valence electrons. The van der Waals surface area contributed by atoms with Crippen molar-refractivity contribution in [3.8, 4) is 0 Å². The second kappa shape index (κ2) is 4.09. The van der Waals surface area contributed by atoms with Gasteiger partial charge in [0.2, 0.25) is 11.8 Å². The average Bonchev–Trinajstić information content (AvgIpc) is 2.07. The molecule has 4 heteroatoms. The first-order chi connectivity index (χ1) is 6.77. The summed E-state index contributed by atoms with van der Waals surface area (Å²) in [6, 6.07) is 0. The number of carbonyl (C=O) groups excluding carboxylic acids is 2. The summed E-state index contributed by atoms with van der Waals surface area (Å²) in [7, 11) is 0. The Morgan fingerprint density at radius 2 is 1.86 bits per heavy atom. The maximum absolute atomic E-state index is 11.4. The summed E-state index contributed by atoms with van der Waals surface area (Å²) in [5, 5.41) is 3.18. The van der Waals surface area contributed by atoms with E-state index in [1.807, 2.05) is 0 Å². The van der Waals surface area contributed by atoms with Crippen LogP contribution in [0.2, 0.25) is 0 Å². The Labute approximate surface area is 83.6 Å².